The Kier molecular flexibility index (Phi) is 2.81. The van der Waals surface area contributed by atoms with Crippen LogP contribution in [-0.2, 0) is 23.9 Å². The van der Waals surface area contributed by atoms with Gasteiger partial charge in [-0.25, -0.2) is 0 Å². The number of carbonyl (C=O) groups excluding carboxylic acids is 2. The molecule has 8 heteroatoms. The van der Waals surface area contributed by atoms with E-state index in [-0.39, 0.29) is 11.7 Å². The van der Waals surface area contributed by atoms with Crippen molar-refractivity contribution in [3.8, 4) is 0 Å². The van der Waals surface area contributed by atoms with E-state index in [9.17, 15) is 18.0 Å². The molecule has 1 fully saturated rings. The Balaban J connectivity index is 2.71. The maximum absolute atomic E-state index is 11.1. The third-order valence-corrected chi connectivity index (χ3v) is 4.21. The number of thioether (sulfide) groups is 1. The summed E-state index contributed by atoms with van der Waals surface area (Å²) in [4.78, 5) is 21.0. The van der Waals surface area contributed by atoms with Gasteiger partial charge >= 0.3 is 16.1 Å². The predicted octanol–water partition coefficient (Wildman–Crippen LogP) is -0.974. The van der Waals surface area contributed by atoms with Crippen LogP contribution >= 0.6 is 11.8 Å². The van der Waals surface area contributed by atoms with E-state index in [4.69, 9.17) is 0 Å². The second-order valence-electron chi connectivity index (χ2n) is 2.28. The molecule has 74 valence electrons. The van der Waals surface area contributed by atoms with E-state index in [0.717, 1.165) is 18.7 Å². The average Bonchev–Trinajstić information content (AvgIpc) is 2.32. The molecule has 1 aliphatic heterocycles. The van der Waals surface area contributed by atoms with Gasteiger partial charge in [0.15, 0.2) is 0 Å². The van der Waals surface area contributed by atoms with Crippen LogP contribution in [0.1, 0.15) is 6.92 Å². The van der Waals surface area contributed by atoms with Crippen molar-refractivity contribution in [1.29, 1.82) is 0 Å². The van der Waals surface area contributed by atoms with Crippen LogP contribution in [0.2, 0.25) is 0 Å². The molecule has 1 heterocycles. The van der Waals surface area contributed by atoms with Gasteiger partial charge in [0.05, 0.1) is 5.75 Å². The Morgan fingerprint density at radius 1 is 1.69 bits per heavy atom. The molecular weight excluding hydrogens is 218 g/mol. The predicted molar refractivity (Wildman–Crippen MR) is 45.1 cm³/mol. The molecule has 1 N–H and O–H groups in total. The number of amides is 1. The van der Waals surface area contributed by atoms with Crippen LogP contribution in [0.15, 0.2) is 0 Å². The third-order valence-electron chi connectivity index (χ3n) is 1.14. The highest BCUT2D eigenvalue weighted by atomic mass is 32.3. The number of nitrogens with one attached hydrogen (secondary N) is 1. The summed E-state index contributed by atoms with van der Waals surface area (Å²) in [6.07, 6.45) is 0. The number of hydrogen-bond acceptors (Lipinski definition) is 6. The highest BCUT2D eigenvalue weighted by Gasteiger charge is 2.35. The van der Waals surface area contributed by atoms with Crippen molar-refractivity contribution in [2.75, 3.05) is 5.75 Å². The van der Waals surface area contributed by atoms with Gasteiger partial charge in [0.25, 0.3) is 0 Å². The molecule has 1 aliphatic rings. The van der Waals surface area contributed by atoms with Gasteiger partial charge in [0, 0.05) is 6.92 Å². The highest BCUT2D eigenvalue weighted by molar-refractivity contribution is 8.12. The third kappa shape index (κ3) is 2.59. The van der Waals surface area contributed by atoms with Crippen LogP contribution in [0.25, 0.3) is 0 Å². The highest BCUT2D eigenvalue weighted by Crippen LogP contribution is 2.21. The second-order valence-corrected chi connectivity index (χ2v) is 5.29. The SMILES string of the molecule is CC(=O)OS(=O)(=O)C1NC(=O)CS1. The van der Waals surface area contributed by atoms with Crippen molar-refractivity contribution in [2.24, 2.45) is 0 Å². The maximum Gasteiger partial charge on any atom is 0.343 e. The minimum Gasteiger partial charge on any atom is -0.344 e. The molecule has 1 rings (SSSR count). The lowest BCUT2D eigenvalue weighted by Gasteiger charge is -2.08. The average molecular weight is 225 g/mol. The van der Waals surface area contributed by atoms with Crippen LogP contribution in [0.4, 0.5) is 0 Å². The van der Waals surface area contributed by atoms with Gasteiger partial charge < -0.3 is 9.50 Å². The molecule has 0 aromatic heterocycles. The van der Waals surface area contributed by atoms with Gasteiger partial charge in [-0.05, 0) is 0 Å². The van der Waals surface area contributed by atoms with E-state index in [2.05, 4.69) is 9.50 Å². The fraction of sp³-hybridized carbons (Fsp3) is 0.600. The maximum atomic E-state index is 11.1. The smallest absolute Gasteiger partial charge is 0.343 e. The van der Waals surface area contributed by atoms with Crippen molar-refractivity contribution < 1.29 is 22.2 Å². The summed E-state index contributed by atoms with van der Waals surface area (Å²) in [6.45, 7) is 0.985. The Bertz CT molecular complexity index is 335. The summed E-state index contributed by atoms with van der Waals surface area (Å²) in [5.41, 5.74) is 0. The Morgan fingerprint density at radius 2 is 2.31 bits per heavy atom. The molecular formula is C5H7NO5S2. The number of rotatable bonds is 2. The van der Waals surface area contributed by atoms with Gasteiger partial charge in [0.1, 0.15) is 0 Å². The summed E-state index contributed by atoms with van der Waals surface area (Å²) >= 11 is 0.874. The first kappa shape index (κ1) is 10.3. The lowest BCUT2D eigenvalue weighted by atomic mass is 10.7. The van der Waals surface area contributed by atoms with Crippen LogP contribution in [0.3, 0.4) is 0 Å². The van der Waals surface area contributed by atoms with Crippen molar-refractivity contribution in [3.63, 3.8) is 0 Å². The van der Waals surface area contributed by atoms with Gasteiger partial charge in [-0.15, -0.1) is 11.8 Å². The minimum absolute atomic E-state index is 0.0607. The molecule has 13 heavy (non-hydrogen) atoms. The van der Waals surface area contributed by atoms with Crippen LogP contribution < -0.4 is 5.32 Å². The molecule has 0 radical (unpaired) electrons. The number of hydrogen-bond donors (Lipinski definition) is 1. The summed E-state index contributed by atoms with van der Waals surface area (Å²) in [6, 6.07) is 0. The zero-order valence-corrected chi connectivity index (χ0v) is 8.28. The first-order valence-corrected chi connectivity index (χ1v) is 5.78. The second kappa shape index (κ2) is 3.54. The molecule has 1 atom stereocenters. The van der Waals surface area contributed by atoms with E-state index in [0.29, 0.717) is 0 Å². The van der Waals surface area contributed by atoms with Crippen molar-refractivity contribution in [1.82, 2.24) is 5.32 Å². The molecule has 1 unspecified atom stereocenters. The first-order valence-electron chi connectivity index (χ1n) is 3.26. The Hall–Kier alpha value is -0.760. The van der Waals surface area contributed by atoms with Gasteiger partial charge in [-0.2, -0.15) is 8.42 Å². The molecule has 0 spiro atoms. The van der Waals surface area contributed by atoms with E-state index in [1.165, 1.54) is 0 Å². The molecule has 0 saturated carbocycles. The zero-order valence-electron chi connectivity index (χ0n) is 6.64. The summed E-state index contributed by atoms with van der Waals surface area (Å²) in [5, 5.41) is 2.16. The van der Waals surface area contributed by atoms with Gasteiger partial charge in [-0.3, -0.25) is 9.59 Å². The van der Waals surface area contributed by atoms with Gasteiger partial charge in [0.2, 0.25) is 10.6 Å². The molecule has 1 saturated heterocycles. The van der Waals surface area contributed by atoms with E-state index >= 15 is 0 Å². The van der Waals surface area contributed by atoms with E-state index in [1.54, 1.807) is 0 Å². The van der Waals surface area contributed by atoms with E-state index < -0.39 is 20.8 Å². The summed E-state index contributed by atoms with van der Waals surface area (Å²) < 4.78 is 25.1. The van der Waals surface area contributed by atoms with Crippen LogP contribution in [0, 0.1) is 0 Å². The topological polar surface area (TPSA) is 89.5 Å². The molecule has 0 aromatic rings. The van der Waals surface area contributed by atoms with Crippen molar-refractivity contribution >= 4 is 33.8 Å². The molecule has 6 nitrogen and oxygen atoms in total. The van der Waals surface area contributed by atoms with Crippen LogP contribution in [-0.4, -0.2) is 30.8 Å². The summed E-state index contributed by atoms with van der Waals surface area (Å²) in [7, 11) is -4.01. The molecule has 1 amide bonds. The standard InChI is InChI=1S/C5H7NO5S2/c1-3(7)11-13(9,10)5-6-4(8)2-12-5/h5H,2H2,1H3,(H,6,8). The monoisotopic (exact) mass is 225 g/mol. The summed E-state index contributed by atoms with van der Waals surface area (Å²) in [5.74, 6) is -1.24. The fourth-order valence-electron chi connectivity index (χ4n) is 0.729. The van der Waals surface area contributed by atoms with Crippen molar-refractivity contribution in [3.05, 3.63) is 0 Å². The Morgan fingerprint density at radius 3 is 2.69 bits per heavy atom. The van der Waals surface area contributed by atoms with E-state index in [1.807, 2.05) is 0 Å². The van der Waals surface area contributed by atoms with Gasteiger partial charge in [-0.1, -0.05) is 0 Å². The minimum atomic E-state index is -4.01. The van der Waals surface area contributed by atoms with Crippen LogP contribution in [0.5, 0.6) is 0 Å². The van der Waals surface area contributed by atoms with Crippen molar-refractivity contribution in [2.45, 2.75) is 11.6 Å². The largest absolute Gasteiger partial charge is 0.344 e. The molecule has 0 aliphatic carbocycles. The Labute approximate surface area is 79.1 Å². The fourth-order valence-corrected chi connectivity index (χ4v) is 3.01. The quantitative estimate of drug-likeness (QED) is 0.608. The lowest BCUT2D eigenvalue weighted by molar-refractivity contribution is -0.131. The molecule has 0 bridgehead atoms. The number of carbonyl (C=O) groups is 2. The first-order chi connectivity index (χ1) is 5.92. The zero-order chi connectivity index (χ0) is 10.1. The normalized spacial score (nSPS) is 22.5. The molecule has 0 aromatic carbocycles. The lowest BCUT2D eigenvalue weighted by Crippen LogP contribution is -2.33.